The molecule has 1 amide bonds. The van der Waals surface area contributed by atoms with Crippen molar-refractivity contribution in [3.63, 3.8) is 0 Å². The molecule has 1 N–H and O–H groups in total. The van der Waals surface area contributed by atoms with E-state index in [4.69, 9.17) is 0 Å². The van der Waals surface area contributed by atoms with Crippen LogP contribution in [0.4, 0.5) is 0 Å². The van der Waals surface area contributed by atoms with Crippen LogP contribution in [0.1, 0.15) is 74.2 Å². The lowest BCUT2D eigenvalue weighted by molar-refractivity contribution is -0.123. The number of rotatable bonds is 8. The van der Waals surface area contributed by atoms with Crippen molar-refractivity contribution < 1.29 is 4.79 Å². The van der Waals surface area contributed by atoms with Crippen molar-refractivity contribution in [3.05, 3.63) is 47.5 Å². The van der Waals surface area contributed by atoms with Crippen molar-refractivity contribution in [1.82, 2.24) is 25.0 Å². The molecule has 0 bridgehead atoms. The Bertz CT molecular complexity index is 802. The first-order valence-corrected chi connectivity index (χ1v) is 11.5. The van der Waals surface area contributed by atoms with Gasteiger partial charge in [-0.1, -0.05) is 36.8 Å². The number of nitrogens with one attached hydrogen (secondary N) is 1. The number of aromatic nitrogens is 3. The summed E-state index contributed by atoms with van der Waals surface area (Å²) in [4.78, 5) is 15.1. The molecule has 1 unspecified atom stereocenters. The molecule has 1 atom stereocenters. The summed E-state index contributed by atoms with van der Waals surface area (Å²) in [5.41, 5.74) is 1.21. The minimum atomic E-state index is 0.0961. The lowest BCUT2D eigenvalue weighted by Gasteiger charge is -2.34. The number of amides is 1. The van der Waals surface area contributed by atoms with Crippen LogP contribution in [0.2, 0.25) is 0 Å². The van der Waals surface area contributed by atoms with Crippen LogP contribution in [0, 0.1) is 19.8 Å². The highest BCUT2D eigenvalue weighted by Gasteiger charge is 2.25. The molecule has 6 heteroatoms. The molecule has 6 nitrogen and oxygen atoms in total. The Morgan fingerprint density at radius 2 is 1.73 bits per heavy atom. The number of carbonyl (C=O) groups excluding carboxylic acids is 1. The fourth-order valence-corrected chi connectivity index (χ4v) is 4.94. The average Bonchev–Trinajstić information content (AvgIpc) is 3.07. The molecule has 30 heavy (non-hydrogen) atoms. The summed E-state index contributed by atoms with van der Waals surface area (Å²) in [5, 5.41) is 11.8. The third-order valence-electron chi connectivity index (χ3n) is 6.93. The zero-order chi connectivity index (χ0) is 20.9. The molecule has 4 rings (SSSR count). The lowest BCUT2D eigenvalue weighted by Crippen LogP contribution is -2.38. The molecule has 1 aliphatic heterocycles. The van der Waals surface area contributed by atoms with E-state index in [0.29, 0.717) is 18.4 Å². The van der Waals surface area contributed by atoms with E-state index >= 15 is 0 Å². The van der Waals surface area contributed by atoms with Crippen LogP contribution in [0.5, 0.6) is 0 Å². The Labute approximate surface area is 180 Å². The molecule has 2 aliphatic rings. The maximum Gasteiger partial charge on any atom is 0.220 e. The molecule has 162 valence electrons. The summed E-state index contributed by atoms with van der Waals surface area (Å²) in [6.45, 7) is 7.26. The Hall–Kier alpha value is -2.21. The van der Waals surface area contributed by atoms with Gasteiger partial charge in [0.1, 0.15) is 11.6 Å². The monoisotopic (exact) mass is 409 g/mol. The van der Waals surface area contributed by atoms with Gasteiger partial charge in [0.2, 0.25) is 5.91 Å². The quantitative estimate of drug-likeness (QED) is 0.717. The fraction of sp³-hybridized carbons (Fsp3) is 0.625. The van der Waals surface area contributed by atoms with E-state index in [1.54, 1.807) is 0 Å². The van der Waals surface area contributed by atoms with Crippen molar-refractivity contribution in [2.45, 2.75) is 70.9 Å². The molecular formula is C24H35N5O. The van der Waals surface area contributed by atoms with Gasteiger partial charge in [0.15, 0.2) is 0 Å². The van der Waals surface area contributed by atoms with Crippen molar-refractivity contribution in [1.29, 1.82) is 0 Å². The second-order valence-electron chi connectivity index (χ2n) is 9.06. The third kappa shape index (κ3) is 5.09. The van der Waals surface area contributed by atoms with Gasteiger partial charge in [0.25, 0.3) is 0 Å². The van der Waals surface area contributed by atoms with Gasteiger partial charge in [0, 0.05) is 32.1 Å². The van der Waals surface area contributed by atoms with Gasteiger partial charge < -0.3 is 14.8 Å². The SMILES string of the molecule is Cc1nnc(C)n1C1CCN(CCC(NC(=O)CC2CCC2)c2ccccc2)CC1. The number of carbonyl (C=O) groups is 1. The van der Waals surface area contributed by atoms with E-state index < -0.39 is 0 Å². The second-order valence-corrected chi connectivity index (χ2v) is 9.06. The first-order valence-electron chi connectivity index (χ1n) is 11.5. The highest BCUT2D eigenvalue weighted by atomic mass is 16.1. The van der Waals surface area contributed by atoms with Gasteiger partial charge in [-0.25, -0.2) is 0 Å². The summed E-state index contributed by atoms with van der Waals surface area (Å²) in [6, 6.07) is 11.0. The van der Waals surface area contributed by atoms with Crippen LogP contribution < -0.4 is 5.32 Å². The predicted octanol–water partition coefficient (Wildman–Crippen LogP) is 3.97. The van der Waals surface area contributed by atoms with E-state index in [2.05, 4.69) is 49.2 Å². The number of nitrogens with zero attached hydrogens (tertiary/aromatic N) is 4. The first-order chi connectivity index (χ1) is 14.6. The number of hydrogen-bond acceptors (Lipinski definition) is 4. The van der Waals surface area contributed by atoms with Gasteiger partial charge in [-0.15, -0.1) is 10.2 Å². The fourth-order valence-electron chi connectivity index (χ4n) is 4.94. The topological polar surface area (TPSA) is 63.1 Å². The van der Waals surface area contributed by atoms with E-state index in [1.165, 1.54) is 24.8 Å². The van der Waals surface area contributed by atoms with E-state index in [0.717, 1.165) is 50.5 Å². The second kappa shape index (κ2) is 9.73. The summed E-state index contributed by atoms with van der Waals surface area (Å²) in [6.07, 6.45) is 7.60. The van der Waals surface area contributed by atoms with E-state index in [9.17, 15) is 4.79 Å². The van der Waals surface area contributed by atoms with Gasteiger partial charge in [-0.05, 0) is 57.4 Å². The molecule has 1 saturated heterocycles. The lowest BCUT2D eigenvalue weighted by atomic mass is 9.83. The molecule has 2 aromatic rings. The number of aryl methyl sites for hydroxylation is 2. The van der Waals surface area contributed by atoms with Crippen LogP contribution in [-0.2, 0) is 4.79 Å². The highest BCUT2D eigenvalue weighted by molar-refractivity contribution is 5.76. The molecular weight excluding hydrogens is 374 g/mol. The zero-order valence-electron chi connectivity index (χ0n) is 18.4. The van der Waals surface area contributed by atoms with Crippen molar-refractivity contribution in [2.24, 2.45) is 5.92 Å². The van der Waals surface area contributed by atoms with E-state index in [1.807, 2.05) is 19.9 Å². The smallest absolute Gasteiger partial charge is 0.220 e. The minimum Gasteiger partial charge on any atom is -0.349 e. The summed E-state index contributed by atoms with van der Waals surface area (Å²) < 4.78 is 2.30. The van der Waals surface area contributed by atoms with E-state index in [-0.39, 0.29) is 11.9 Å². The van der Waals surface area contributed by atoms with Crippen LogP contribution >= 0.6 is 0 Å². The highest BCUT2D eigenvalue weighted by Crippen LogP contribution is 2.30. The maximum atomic E-state index is 12.6. The molecule has 1 aromatic heterocycles. The van der Waals surface area contributed by atoms with Crippen molar-refractivity contribution in [3.8, 4) is 0 Å². The van der Waals surface area contributed by atoms with Gasteiger partial charge >= 0.3 is 0 Å². The average molecular weight is 410 g/mol. The Morgan fingerprint density at radius 1 is 1.07 bits per heavy atom. The Kier molecular flexibility index (Phi) is 6.82. The van der Waals surface area contributed by atoms with Gasteiger partial charge in [-0.3, -0.25) is 4.79 Å². The molecule has 0 radical (unpaired) electrons. The minimum absolute atomic E-state index is 0.0961. The normalized spacial score (nSPS) is 19.4. The van der Waals surface area contributed by atoms with Crippen LogP contribution in [0.15, 0.2) is 30.3 Å². The Balaban J connectivity index is 1.30. The van der Waals surface area contributed by atoms with Crippen molar-refractivity contribution >= 4 is 5.91 Å². The predicted molar refractivity (Wildman–Crippen MR) is 118 cm³/mol. The number of hydrogen-bond donors (Lipinski definition) is 1. The molecule has 1 aromatic carbocycles. The standard InChI is InChI=1S/C24H35N5O/c1-18-26-27-19(2)29(18)22-11-14-28(15-12-22)16-13-23(21-9-4-3-5-10-21)25-24(30)17-20-7-6-8-20/h3-5,9-10,20,22-23H,6-8,11-17H2,1-2H3,(H,25,30). The zero-order valence-corrected chi connectivity index (χ0v) is 18.4. The molecule has 1 aliphatic carbocycles. The summed E-state index contributed by atoms with van der Waals surface area (Å²) in [5.74, 6) is 2.85. The number of likely N-dealkylation sites (tertiary alicyclic amines) is 1. The number of benzene rings is 1. The van der Waals surface area contributed by atoms with Gasteiger partial charge in [-0.2, -0.15) is 0 Å². The summed E-state index contributed by atoms with van der Waals surface area (Å²) in [7, 11) is 0. The Morgan fingerprint density at radius 3 is 2.33 bits per heavy atom. The van der Waals surface area contributed by atoms with Gasteiger partial charge in [0.05, 0.1) is 6.04 Å². The van der Waals surface area contributed by atoms with Crippen LogP contribution in [0.3, 0.4) is 0 Å². The van der Waals surface area contributed by atoms with Crippen molar-refractivity contribution in [2.75, 3.05) is 19.6 Å². The van der Waals surface area contributed by atoms with Crippen LogP contribution in [0.25, 0.3) is 0 Å². The largest absolute Gasteiger partial charge is 0.349 e. The molecule has 2 heterocycles. The molecule has 0 spiro atoms. The maximum absolute atomic E-state index is 12.6. The summed E-state index contributed by atoms with van der Waals surface area (Å²) >= 11 is 0. The van der Waals surface area contributed by atoms with Crippen LogP contribution in [-0.4, -0.2) is 45.2 Å². The third-order valence-corrected chi connectivity index (χ3v) is 6.93. The molecule has 1 saturated carbocycles. The number of piperidine rings is 1. The molecule has 2 fully saturated rings. The first kappa shape index (κ1) is 21.0.